The molecule has 0 radical (unpaired) electrons. The van der Waals surface area contributed by atoms with Crippen LogP contribution in [0.4, 0.5) is 0 Å². The number of nitrogens with zero attached hydrogens (tertiary/aromatic N) is 3. The number of hydrogen-bond acceptors (Lipinski definition) is 5. The van der Waals surface area contributed by atoms with Gasteiger partial charge in [-0.15, -0.1) is 0 Å². The quantitative estimate of drug-likeness (QED) is 0.763. The van der Waals surface area contributed by atoms with E-state index in [0.717, 1.165) is 37.1 Å². The average molecular weight is 349 g/mol. The second kappa shape index (κ2) is 7.81. The van der Waals surface area contributed by atoms with Gasteiger partial charge in [-0.2, -0.15) is 4.98 Å². The first-order chi connectivity index (χ1) is 12.8. The van der Waals surface area contributed by atoms with Gasteiger partial charge in [0.25, 0.3) is 0 Å². The number of aliphatic hydroxyl groups is 1. The van der Waals surface area contributed by atoms with Crippen LogP contribution >= 0.6 is 0 Å². The molecule has 0 spiro atoms. The van der Waals surface area contributed by atoms with Crippen molar-refractivity contribution in [2.75, 3.05) is 19.7 Å². The molecule has 2 aromatic carbocycles. The Bertz CT molecular complexity index is 820. The van der Waals surface area contributed by atoms with Gasteiger partial charge in [-0.05, 0) is 30.9 Å². The van der Waals surface area contributed by atoms with Crippen LogP contribution in [0.1, 0.15) is 30.3 Å². The SMILES string of the molecule is OCC1CCCN(C(c2ccccc2)c2nc(-c3ccccc3)no2)C1. The Morgan fingerprint density at radius 3 is 2.54 bits per heavy atom. The minimum atomic E-state index is -0.0875. The lowest BCUT2D eigenvalue weighted by Gasteiger charge is -2.36. The van der Waals surface area contributed by atoms with E-state index in [2.05, 4.69) is 22.2 Å². The predicted molar refractivity (Wildman–Crippen MR) is 99.4 cm³/mol. The topological polar surface area (TPSA) is 62.4 Å². The molecule has 1 fully saturated rings. The first-order valence-corrected chi connectivity index (χ1v) is 9.14. The van der Waals surface area contributed by atoms with Crippen LogP contribution in [0.15, 0.2) is 65.2 Å². The highest BCUT2D eigenvalue weighted by Crippen LogP contribution is 2.32. The summed E-state index contributed by atoms with van der Waals surface area (Å²) in [5.74, 6) is 1.51. The van der Waals surface area contributed by atoms with Gasteiger partial charge in [0.05, 0.1) is 0 Å². The Kier molecular flexibility index (Phi) is 5.09. The molecule has 1 aliphatic heterocycles. The maximum absolute atomic E-state index is 9.61. The fraction of sp³-hybridized carbons (Fsp3) is 0.333. The van der Waals surface area contributed by atoms with Crippen molar-refractivity contribution in [3.63, 3.8) is 0 Å². The van der Waals surface area contributed by atoms with E-state index in [9.17, 15) is 5.11 Å². The van der Waals surface area contributed by atoms with Crippen LogP contribution < -0.4 is 0 Å². The van der Waals surface area contributed by atoms with Crippen molar-refractivity contribution in [2.24, 2.45) is 5.92 Å². The van der Waals surface area contributed by atoms with Crippen molar-refractivity contribution in [3.05, 3.63) is 72.1 Å². The first-order valence-electron chi connectivity index (χ1n) is 9.14. The highest BCUT2D eigenvalue weighted by molar-refractivity contribution is 5.53. The maximum atomic E-state index is 9.61. The van der Waals surface area contributed by atoms with E-state index in [0.29, 0.717) is 17.6 Å². The molecule has 3 aromatic rings. The van der Waals surface area contributed by atoms with E-state index in [-0.39, 0.29) is 12.6 Å². The summed E-state index contributed by atoms with van der Waals surface area (Å²) in [6.45, 7) is 2.01. The van der Waals surface area contributed by atoms with Crippen molar-refractivity contribution < 1.29 is 9.63 Å². The molecule has 0 aliphatic carbocycles. The van der Waals surface area contributed by atoms with Crippen molar-refractivity contribution >= 4 is 0 Å². The molecular weight excluding hydrogens is 326 g/mol. The summed E-state index contributed by atoms with van der Waals surface area (Å²) >= 11 is 0. The van der Waals surface area contributed by atoms with Crippen molar-refractivity contribution in [2.45, 2.75) is 18.9 Å². The number of aliphatic hydroxyl groups excluding tert-OH is 1. The molecule has 134 valence electrons. The Balaban J connectivity index is 1.68. The summed E-state index contributed by atoms with van der Waals surface area (Å²) in [7, 11) is 0. The molecular formula is C21H23N3O2. The summed E-state index contributed by atoms with van der Waals surface area (Å²) < 4.78 is 5.69. The zero-order valence-corrected chi connectivity index (χ0v) is 14.7. The van der Waals surface area contributed by atoms with E-state index >= 15 is 0 Å². The predicted octanol–water partition coefficient (Wildman–Crippen LogP) is 3.53. The van der Waals surface area contributed by atoms with E-state index in [1.165, 1.54) is 0 Å². The highest BCUT2D eigenvalue weighted by Gasteiger charge is 2.31. The van der Waals surface area contributed by atoms with E-state index < -0.39 is 0 Å². The normalized spacial score (nSPS) is 19.3. The van der Waals surface area contributed by atoms with Crippen LogP contribution in [-0.2, 0) is 0 Å². The third-order valence-corrected chi connectivity index (χ3v) is 5.00. The summed E-state index contributed by atoms with van der Waals surface area (Å²) in [4.78, 5) is 7.05. The molecule has 0 saturated carbocycles. The van der Waals surface area contributed by atoms with Crippen molar-refractivity contribution in [3.8, 4) is 11.4 Å². The minimum absolute atomic E-state index is 0.0875. The second-order valence-corrected chi connectivity index (χ2v) is 6.82. The molecule has 26 heavy (non-hydrogen) atoms. The number of hydrogen-bond donors (Lipinski definition) is 1. The minimum Gasteiger partial charge on any atom is -0.396 e. The lowest BCUT2D eigenvalue weighted by atomic mass is 9.95. The monoisotopic (exact) mass is 349 g/mol. The lowest BCUT2D eigenvalue weighted by Crippen LogP contribution is -2.40. The Morgan fingerprint density at radius 1 is 1.08 bits per heavy atom. The fourth-order valence-corrected chi connectivity index (χ4v) is 3.68. The van der Waals surface area contributed by atoms with Crippen LogP contribution in [0, 0.1) is 5.92 Å². The summed E-state index contributed by atoms with van der Waals surface area (Å²) in [6.07, 6.45) is 2.13. The molecule has 4 rings (SSSR count). The van der Waals surface area contributed by atoms with Crippen molar-refractivity contribution in [1.82, 2.24) is 15.0 Å². The molecule has 5 heteroatoms. The number of likely N-dealkylation sites (tertiary alicyclic amines) is 1. The van der Waals surface area contributed by atoms with Crippen LogP contribution in [0.2, 0.25) is 0 Å². The van der Waals surface area contributed by atoms with Gasteiger partial charge in [0, 0.05) is 18.7 Å². The molecule has 2 heterocycles. The van der Waals surface area contributed by atoms with E-state index in [1.54, 1.807) is 0 Å². The fourth-order valence-electron chi connectivity index (χ4n) is 3.68. The van der Waals surface area contributed by atoms with Gasteiger partial charge >= 0.3 is 0 Å². The summed E-state index contributed by atoms with van der Waals surface area (Å²) in [5.41, 5.74) is 2.08. The molecule has 1 aromatic heterocycles. The molecule has 5 nitrogen and oxygen atoms in total. The van der Waals surface area contributed by atoms with Crippen LogP contribution in [0.25, 0.3) is 11.4 Å². The zero-order chi connectivity index (χ0) is 17.8. The third kappa shape index (κ3) is 3.54. The summed E-state index contributed by atoms with van der Waals surface area (Å²) in [5, 5.41) is 13.8. The molecule has 0 amide bonds. The second-order valence-electron chi connectivity index (χ2n) is 6.82. The molecule has 1 saturated heterocycles. The van der Waals surface area contributed by atoms with E-state index in [1.807, 2.05) is 48.5 Å². The van der Waals surface area contributed by atoms with Gasteiger partial charge < -0.3 is 9.63 Å². The standard InChI is InChI=1S/C21H23N3O2/c25-15-16-8-7-13-24(14-16)19(17-9-3-1-4-10-17)21-22-20(23-26-21)18-11-5-2-6-12-18/h1-6,9-12,16,19,25H,7-8,13-15H2. The average Bonchev–Trinajstić information content (AvgIpc) is 3.19. The van der Waals surface area contributed by atoms with E-state index in [4.69, 9.17) is 9.51 Å². The zero-order valence-electron chi connectivity index (χ0n) is 14.7. The largest absolute Gasteiger partial charge is 0.396 e. The first kappa shape index (κ1) is 16.9. The number of piperidine rings is 1. The van der Waals surface area contributed by atoms with Crippen LogP contribution in [0.3, 0.4) is 0 Å². The summed E-state index contributed by atoms with van der Waals surface area (Å²) in [6, 6.07) is 20.1. The van der Waals surface area contributed by atoms with Gasteiger partial charge in [0.2, 0.25) is 11.7 Å². The van der Waals surface area contributed by atoms with Gasteiger partial charge in [-0.3, -0.25) is 4.90 Å². The Morgan fingerprint density at radius 2 is 1.81 bits per heavy atom. The molecule has 0 bridgehead atoms. The highest BCUT2D eigenvalue weighted by atomic mass is 16.5. The molecule has 2 atom stereocenters. The smallest absolute Gasteiger partial charge is 0.248 e. The van der Waals surface area contributed by atoms with Crippen LogP contribution in [0.5, 0.6) is 0 Å². The number of rotatable bonds is 5. The maximum Gasteiger partial charge on any atom is 0.248 e. The molecule has 1 N–H and O–H groups in total. The Labute approximate surface area is 153 Å². The Hall–Kier alpha value is -2.50. The van der Waals surface area contributed by atoms with Gasteiger partial charge in [-0.1, -0.05) is 65.8 Å². The van der Waals surface area contributed by atoms with Crippen molar-refractivity contribution in [1.29, 1.82) is 0 Å². The van der Waals surface area contributed by atoms with Gasteiger partial charge in [-0.25, -0.2) is 0 Å². The van der Waals surface area contributed by atoms with Gasteiger partial charge in [0.15, 0.2) is 0 Å². The number of benzene rings is 2. The number of aromatic nitrogens is 2. The molecule has 2 unspecified atom stereocenters. The lowest BCUT2D eigenvalue weighted by molar-refractivity contribution is 0.0884. The van der Waals surface area contributed by atoms with Gasteiger partial charge in [0.1, 0.15) is 6.04 Å². The molecule has 1 aliphatic rings. The van der Waals surface area contributed by atoms with Crippen LogP contribution in [-0.4, -0.2) is 39.8 Å². The third-order valence-electron chi connectivity index (χ3n) is 5.00.